The summed E-state index contributed by atoms with van der Waals surface area (Å²) in [5.74, 6) is -0.136. The highest BCUT2D eigenvalue weighted by Gasteiger charge is 2.10. The molecule has 0 radical (unpaired) electrons. The summed E-state index contributed by atoms with van der Waals surface area (Å²) in [5.41, 5.74) is 1.32. The lowest BCUT2D eigenvalue weighted by molar-refractivity contribution is -0.143. The Morgan fingerprint density at radius 2 is 1.79 bits per heavy atom. The van der Waals surface area contributed by atoms with E-state index in [-0.39, 0.29) is 19.1 Å². The lowest BCUT2D eigenvalue weighted by atomic mass is 10.2. The Morgan fingerprint density at radius 1 is 1.08 bits per heavy atom. The van der Waals surface area contributed by atoms with Gasteiger partial charge in [-0.15, -0.1) is 0 Å². The molecule has 0 aliphatic carbocycles. The second-order valence-electron chi connectivity index (χ2n) is 4.89. The van der Waals surface area contributed by atoms with Gasteiger partial charge in [-0.1, -0.05) is 34.1 Å². The molecular weight excluding hydrogens is 374 g/mol. The minimum Gasteiger partial charge on any atom is -0.494 e. The number of rotatable bonds is 7. The van der Waals surface area contributed by atoms with E-state index in [1.807, 2.05) is 31.2 Å². The van der Waals surface area contributed by atoms with Crippen molar-refractivity contribution in [1.29, 1.82) is 0 Å². The van der Waals surface area contributed by atoms with Crippen molar-refractivity contribution >= 4 is 27.8 Å². The van der Waals surface area contributed by atoms with Crippen molar-refractivity contribution in [3.63, 3.8) is 0 Å². The first-order valence-electron chi connectivity index (χ1n) is 7.50. The molecule has 0 aliphatic heterocycles. The van der Waals surface area contributed by atoms with Crippen LogP contribution in [0.2, 0.25) is 0 Å². The van der Waals surface area contributed by atoms with Crippen LogP contribution in [-0.2, 0) is 16.1 Å². The van der Waals surface area contributed by atoms with Gasteiger partial charge in [0.2, 0.25) is 0 Å². The van der Waals surface area contributed by atoms with E-state index in [4.69, 9.17) is 9.47 Å². The number of hydrogen-bond acceptors (Lipinski definition) is 4. The van der Waals surface area contributed by atoms with Crippen molar-refractivity contribution in [2.45, 2.75) is 13.5 Å². The average molecular weight is 392 g/mol. The van der Waals surface area contributed by atoms with Crippen LogP contribution in [0.25, 0.3) is 0 Å². The van der Waals surface area contributed by atoms with Crippen molar-refractivity contribution in [2.75, 3.05) is 13.2 Å². The largest absolute Gasteiger partial charge is 0.494 e. The van der Waals surface area contributed by atoms with Crippen molar-refractivity contribution in [2.24, 2.45) is 0 Å². The molecular formula is C18H18BrNO4. The van der Waals surface area contributed by atoms with E-state index in [0.29, 0.717) is 17.9 Å². The predicted molar refractivity (Wildman–Crippen MR) is 93.9 cm³/mol. The third-order valence-corrected chi connectivity index (χ3v) is 3.94. The maximum Gasteiger partial charge on any atom is 0.325 e. The number of carbonyl (C=O) groups is 2. The number of hydrogen-bond donors (Lipinski definition) is 1. The van der Waals surface area contributed by atoms with Gasteiger partial charge in [0.1, 0.15) is 18.9 Å². The number of benzene rings is 2. The Hall–Kier alpha value is -2.34. The molecule has 126 valence electrons. The maximum atomic E-state index is 12.0. The van der Waals surface area contributed by atoms with Crippen LogP contribution in [0.4, 0.5) is 0 Å². The Kier molecular flexibility index (Phi) is 6.81. The average Bonchev–Trinajstić information content (AvgIpc) is 2.60. The zero-order valence-electron chi connectivity index (χ0n) is 13.3. The smallest absolute Gasteiger partial charge is 0.325 e. The summed E-state index contributed by atoms with van der Waals surface area (Å²) in [6.07, 6.45) is 0. The van der Waals surface area contributed by atoms with Crippen molar-refractivity contribution < 1.29 is 19.1 Å². The van der Waals surface area contributed by atoms with Crippen LogP contribution in [0.15, 0.2) is 53.0 Å². The van der Waals surface area contributed by atoms with E-state index >= 15 is 0 Å². The quantitative estimate of drug-likeness (QED) is 0.735. The fourth-order valence-electron chi connectivity index (χ4n) is 1.95. The molecule has 2 aromatic carbocycles. The molecule has 0 aliphatic rings. The highest BCUT2D eigenvalue weighted by molar-refractivity contribution is 9.10. The third kappa shape index (κ3) is 5.38. The van der Waals surface area contributed by atoms with Gasteiger partial charge in [-0.05, 0) is 37.3 Å². The lowest BCUT2D eigenvalue weighted by Gasteiger charge is -2.08. The van der Waals surface area contributed by atoms with E-state index in [9.17, 15) is 9.59 Å². The van der Waals surface area contributed by atoms with E-state index in [1.165, 1.54) is 0 Å². The molecule has 5 nitrogen and oxygen atoms in total. The molecule has 0 spiro atoms. The standard InChI is InChI=1S/C18H18BrNO4/c1-2-23-15-9-7-13(8-10-15)18(22)20-11-17(21)24-12-14-5-3-4-6-16(14)19/h3-10H,2,11-12H2,1H3,(H,20,22). The first-order chi connectivity index (χ1) is 11.6. The Labute approximate surface area is 149 Å². The summed E-state index contributed by atoms with van der Waals surface area (Å²) in [6.45, 7) is 2.42. The first-order valence-corrected chi connectivity index (χ1v) is 8.29. The zero-order valence-corrected chi connectivity index (χ0v) is 14.8. The van der Waals surface area contributed by atoms with Gasteiger partial charge in [-0.2, -0.15) is 0 Å². The van der Waals surface area contributed by atoms with Crippen LogP contribution in [0.5, 0.6) is 5.75 Å². The molecule has 0 aromatic heterocycles. The van der Waals surface area contributed by atoms with Crippen LogP contribution in [-0.4, -0.2) is 25.0 Å². The molecule has 0 bridgehead atoms. The molecule has 0 unspecified atom stereocenters. The second kappa shape index (κ2) is 9.08. The molecule has 2 aromatic rings. The topological polar surface area (TPSA) is 64.6 Å². The molecule has 0 atom stereocenters. The number of halogens is 1. The van der Waals surface area contributed by atoms with Gasteiger partial charge in [-0.25, -0.2) is 0 Å². The minimum atomic E-state index is -0.495. The highest BCUT2D eigenvalue weighted by atomic mass is 79.9. The molecule has 6 heteroatoms. The summed E-state index contributed by atoms with van der Waals surface area (Å²) in [4.78, 5) is 23.7. The van der Waals surface area contributed by atoms with Crippen molar-refractivity contribution in [3.8, 4) is 5.75 Å². The fourth-order valence-corrected chi connectivity index (χ4v) is 2.35. The zero-order chi connectivity index (χ0) is 17.4. The third-order valence-electron chi connectivity index (χ3n) is 3.17. The molecule has 2 rings (SSSR count). The Bertz CT molecular complexity index is 700. The van der Waals surface area contributed by atoms with Gasteiger partial charge in [0.25, 0.3) is 5.91 Å². The molecule has 1 N–H and O–H groups in total. The fraction of sp³-hybridized carbons (Fsp3) is 0.222. The second-order valence-corrected chi connectivity index (χ2v) is 5.75. The van der Waals surface area contributed by atoms with Gasteiger partial charge in [0.05, 0.1) is 6.61 Å². The molecule has 24 heavy (non-hydrogen) atoms. The van der Waals surface area contributed by atoms with Gasteiger partial charge in [0, 0.05) is 15.6 Å². The summed E-state index contributed by atoms with van der Waals surface area (Å²) in [5, 5.41) is 2.54. The summed E-state index contributed by atoms with van der Waals surface area (Å²) in [6, 6.07) is 14.2. The molecule has 0 fully saturated rings. The van der Waals surface area contributed by atoms with Crippen molar-refractivity contribution in [1.82, 2.24) is 5.32 Å². The summed E-state index contributed by atoms with van der Waals surface area (Å²) >= 11 is 3.38. The monoisotopic (exact) mass is 391 g/mol. The van der Waals surface area contributed by atoms with E-state index in [1.54, 1.807) is 24.3 Å². The molecule has 0 saturated heterocycles. The molecule has 0 saturated carbocycles. The van der Waals surface area contributed by atoms with Crippen LogP contribution < -0.4 is 10.1 Å². The lowest BCUT2D eigenvalue weighted by Crippen LogP contribution is -2.30. The Balaban J connectivity index is 1.78. The van der Waals surface area contributed by atoms with Crippen LogP contribution in [0, 0.1) is 0 Å². The first kappa shape index (κ1) is 18.0. The van der Waals surface area contributed by atoms with E-state index < -0.39 is 5.97 Å². The van der Waals surface area contributed by atoms with E-state index in [2.05, 4.69) is 21.2 Å². The molecule has 1 amide bonds. The highest BCUT2D eigenvalue weighted by Crippen LogP contribution is 2.16. The maximum absolute atomic E-state index is 12.0. The minimum absolute atomic E-state index is 0.152. The number of amides is 1. The van der Waals surface area contributed by atoms with Crippen molar-refractivity contribution in [3.05, 3.63) is 64.1 Å². The number of carbonyl (C=O) groups excluding carboxylic acids is 2. The van der Waals surface area contributed by atoms with Gasteiger partial charge >= 0.3 is 5.97 Å². The van der Waals surface area contributed by atoms with E-state index in [0.717, 1.165) is 10.0 Å². The predicted octanol–water partition coefficient (Wildman–Crippen LogP) is 3.32. The van der Waals surface area contributed by atoms with Gasteiger partial charge in [-0.3, -0.25) is 9.59 Å². The number of ether oxygens (including phenoxy) is 2. The summed E-state index contributed by atoms with van der Waals surface area (Å²) in [7, 11) is 0. The van der Waals surface area contributed by atoms with Gasteiger partial charge in [0.15, 0.2) is 0 Å². The normalized spacial score (nSPS) is 10.1. The van der Waals surface area contributed by atoms with Crippen LogP contribution in [0.3, 0.4) is 0 Å². The molecule has 0 heterocycles. The number of nitrogens with one attached hydrogen (secondary N) is 1. The Morgan fingerprint density at radius 3 is 2.46 bits per heavy atom. The summed E-state index contributed by atoms with van der Waals surface area (Å²) < 4.78 is 11.3. The van der Waals surface area contributed by atoms with Crippen LogP contribution in [0.1, 0.15) is 22.8 Å². The van der Waals surface area contributed by atoms with Crippen LogP contribution >= 0.6 is 15.9 Å². The van der Waals surface area contributed by atoms with Gasteiger partial charge < -0.3 is 14.8 Å². The SMILES string of the molecule is CCOc1ccc(C(=O)NCC(=O)OCc2ccccc2Br)cc1. The number of esters is 1.